The van der Waals surface area contributed by atoms with Gasteiger partial charge in [-0.25, -0.2) is 0 Å². The number of benzene rings is 2. The van der Waals surface area contributed by atoms with Crippen LogP contribution in [0.15, 0.2) is 42.5 Å². The summed E-state index contributed by atoms with van der Waals surface area (Å²) in [4.78, 5) is 15.1. The van der Waals surface area contributed by atoms with Crippen LogP contribution in [0.25, 0.3) is 21.7 Å². The summed E-state index contributed by atoms with van der Waals surface area (Å²) in [6.45, 7) is 1.88. The topological polar surface area (TPSA) is 65.1 Å². The number of aliphatic hydroxyl groups is 1. The van der Waals surface area contributed by atoms with Crippen LogP contribution in [0.3, 0.4) is 0 Å². The van der Waals surface area contributed by atoms with Crippen molar-refractivity contribution in [1.82, 2.24) is 10.3 Å². The van der Waals surface area contributed by atoms with Gasteiger partial charge in [-0.2, -0.15) is 0 Å². The van der Waals surface area contributed by atoms with E-state index in [0.717, 1.165) is 21.7 Å². The molecule has 0 aliphatic carbocycles. The molecule has 102 valence electrons. The van der Waals surface area contributed by atoms with Gasteiger partial charge in [0.05, 0.1) is 6.10 Å². The van der Waals surface area contributed by atoms with Crippen molar-refractivity contribution in [3.05, 3.63) is 48.2 Å². The molecule has 4 heteroatoms. The predicted octanol–water partition coefficient (Wildman–Crippen LogP) is 2.43. The molecule has 0 spiro atoms. The number of carbonyl (C=O) groups excluding carboxylic acids is 1. The molecule has 3 aromatic rings. The fourth-order valence-corrected chi connectivity index (χ4v) is 2.34. The van der Waals surface area contributed by atoms with Crippen LogP contribution >= 0.6 is 0 Å². The first kappa shape index (κ1) is 12.7. The molecule has 3 rings (SSSR count). The number of aromatic amines is 1. The molecule has 0 fully saturated rings. The Morgan fingerprint density at radius 2 is 2.05 bits per heavy atom. The highest BCUT2D eigenvalue weighted by Crippen LogP contribution is 2.25. The van der Waals surface area contributed by atoms with Crippen LogP contribution < -0.4 is 5.32 Å². The molecule has 4 nitrogen and oxygen atoms in total. The van der Waals surface area contributed by atoms with E-state index in [1.807, 2.05) is 36.4 Å². The van der Waals surface area contributed by atoms with E-state index in [4.69, 9.17) is 0 Å². The normalized spacial score (nSPS) is 12.7. The molecular formula is C16H16N2O2. The summed E-state index contributed by atoms with van der Waals surface area (Å²) in [5.41, 5.74) is 1.45. The fourth-order valence-electron chi connectivity index (χ4n) is 2.34. The van der Waals surface area contributed by atoms with Gasteiger partial charge in [0.1, 0.15) is 5.69 Å². The van der Waals surface area contributed by atoms with Crippen LogP contribution in [-0.2, 0) is 0 Å². The third-order valence-corrected chi connectivity index (χ3v) is 3.33. The number of carbonyl (C=O) groups is 1. The van der Waals surface area contributed by atoms with Crippen LogP contribution in [0.1, 0.15) is 17.4 Å². The molecule has 0 saturated carbocycles. The number of H-pyrrole nitrogens is 1. The van der Waals surface area contributed by atoms with Crippen molar-refractivity contribution in [2.24, 2.45) is 0 Å². The van der Waals surface area contributed by atoms with E-state index in [2.05, 4.69) is 16.4 Å². The highest BCUT2D eigenvalue weighted by atomic mass is 16.3. The van der Waals surface area contributed by atoms with Crippen LogP contribution in [0.4, 0.5) is 0 Å². The molecule has 3 N–H and O–H groups in total. The van der Waals surface area contributed by atoms with E-state index in [1.165, 1.54) is 0 Å². The molecule has 1 amide bonds. The molecule has 0 radical (unpaired) electrons. The number of aliphatic hydroxyl groups excluding tert-OH is 1. The molecule has 1 aromatic heterocycles. The average molecular weight is 268 g/mol. The van der Waals surface area contributed by atoms with E-state index in [1.54, 1.807) is 6.92 Å². The number of fused-ring (bicyclic) bond motifs is 3. The van der Waals surface area contributed by atoms with Gasteiger partial charge in [0, 0.05) is 17.4 Å². The lowest BCUT2D eigenvalue weighted by atomic mass is 10.1. The molecule has 0 aliphatic rings. The van der Waals surface area contributed by atoms with E-state index in [9.17, 15) is 9.90 Å². The van der Waals surface area contributed by atoms with Crippen molar-refractivity contribution in [1.29, 1.82) is 0 Å². The minimum Gasteiger partial charge on any atom is -0.392 e. The van der Waals surface area contributed by atoms with Gasteiger partial charge in [-0.15, -0.1) is 0 Å². The Hall–Kier alpha value is -2.33. The van der Waals surface area contributed by atoms with Crippen LogP contribution in [-0.4, -0.2) is 28.6 Å². The van der Waals surface area contributed by atoms with E-state index < -0.39 is 6.10 Å². The lowest BCUT2D eigenvalue weighted by Crippen LogP contribution is -2.30. The minimum atomic E-state index is -0.552. The van der Waals surface area contributed by atoms with Gasteiger partial charge >= 0.3 is 0 Å². The van der Waals surface area contributed by atoms with Gasteiger partial charge in [0.2, 0.25) is 0 Å². The maximum absolute atomic E-state index is 12.0. The number of nitrogens with one attached hydrogen (secondary N) is 2. The standard InChI is InChI=1S/C16H16N2O2/c1-10(19)9-17-16(20)15-8-13-12-5-3-2-4-11(12)6-7-14(13)18-15/h2-8,10,18-19H,9H2,1H3,(H,17,20). The summed E-state index contributed by atoms with van der Waals surface area (Å²) in [6.07, 6.45) is -0.552. The van der Waals surface area contributed by atoms with Crippen molar-refractivity contribution in [2.75, 3.05) is 6.54 Å². The molecule has 0 saturated heterocycles. The quantitative estimate of drug-likeness (QED) is 0.683. The maximum Gasteiger partial charge on any atom is 0.267 e. The molecule has 0 aliphatic heterocycles. The SMILES string of the molecule is CC(O)CNC(=O)c1cc2c(ccc3ccccc32)[nH]1. The van der Waals surface area contributed by atoms with Gasteiger partial charge in [-0.3, -0.25) is 4.79 Å². The Kier molecular flexibility index (Phi) is 3.16. The summed E-state index contributed by atoms with van der Waals surface area (Å²) in [7, 11) is 0. The fraction of sp³-hybridized carbons (Fsp3) is 0.188. The lowest BCUT2D eigenvalue weighted by Gasteiger charge is -2.05. The van der Waals surface area contributed by atoms with Crippen LogP contribution in [0, 0.1) is 0 Å². The number of hydrogen-bond acceptors (Lipinski definition) is 2. The van der Waals surface area contributed by atoms with E-state index in [-0.39, 0.29) is 12.5 Å². The molecule has 1 atom stereocenters. The Balaban J connectivity index is 2.02. The molecule has 20 heavy (non-hydrogen) atoms. The average Bonchev–Trinajstić information content (AvgIpc) is 2.89. The van der Waals surface area contributed by atoms with Crippen molar-refractivity contribution < 1.29 is 9.90 Å². The molecular weight excluding hydrogens is 252 g/mol. The largest absolute Gasteiger partial charge is 0.392 e. The second-order valence-electron chi connectivity index (χ2n) is 4.99. The first-order valence-corrected chi connectivity index (χ1v) is 6.62. The smallest absolute Gasteiger partial charge is 0.267 e. The number of amides is 1. The van der Waals surface area contributed by atoms with Gasteiger partial charge in [0.25, 0.3) is 5.91 Å². The van der Waals surface area contributed by atoms with Gasteiger partial charge in [-0.05, 0) is 29.8 Å². The first-order valence-electron chi connectivity index (χ1n) is 6.62. The zero-order valence-corrected chi connectivity index (χ0v) is 11.2. The third-order valence-electron chi connectivity index (χ3n) is 3.33. The Morgan fingerprint density at radius 1 is 1.25 bits per heavy atom. The van der Waals surface area contributed by atoms with Crippen LogP contribution in [0.2, 0.25) is 0 Å². The van der Waals surface area contributed by atoms with Crippen molar-refractivity contribution in [3.63, 3.8) is 0 Å². The molecule has 1 heterocycles. The Labute approximate surface area is 116 Å². The lowest BCUT2D eigenvalue weighted by molar-refractivity contribution is 0.0920. The molecule has 1 unspecified atom stereocenters. The van der Waals surface area contributed by atoms with Crippen LogP contribution in [0.5, 0.6) is 0 Å². The van der Waals surface area contributed by atoms with Gasteiger partial charge in [-0.1, -0.05) is 30.3 Å². The summed E-state index contributed by atoms with van der Waals surface area (Å²) < 4.78 is 0. The highest BCUT2D eigenvalue weighted by Gasteiger charge is 2.11. The monoisotopic (exact) mass is 268 g/mol. The predicted molar refractivity (Wildman–Crippen MR) is 79.8 cm³/mol. The van der Waals surface area contributed by atoms with Crippen molar-refractivity contribution >= 4 is 27.6 Å². The Bertz CT molecular complexity index is 774. The second-order valence-corrected chi connectivity index (χ2v) is 4.99. The zero-order valence-electron chi connectivity index (χ0n) is 11.2. The van der Waals surface area contributed by atoms with E-state index >= 15 is 0 Å². The minimum absolute atomic E-state index is 0.203. The summed E-state index contributed by atoms with van der Waals surface area (Å²) in [6, 6.07) is 13.9. The molecule has 0 bridgehead atoms. The summed E-state index contributed by atoms with van der Waals surface area (Å²) >= 11 is 0. The van der Waals surface area contributed by atoms with Gasteiger partial charge in [0.15, 0.2) is 0 Å². The summed E-state index contributed by atoms with van der Waals surface area (Å²) in [5, 5.41) is 15.2. The molecule has 2 aromatic carbocycles. The number of hydrogen-bond donors (Lipinski definition) is 3. The first-order chi connectivity index (χ1) is 9.65. The Morgan fingerprint density at radius 3 is 2.85 bits per heavy atom. The second kappa shape index (κ2) is 4.98. The third kappa shape index (κ3) is 2.26. The van der Waals surface area contributed by atoms with Crippen molar-refractivity contribution in [3.8, 4) is 0 Å². The number of rotatable bonds is 3. The highest BCUT2D eigenvalue weighted by molar-refractivity contribution is 6.09. The maximum atomic E-state index is 12.0. The zero-order chi connectivity index (χ0) is 14.1. The van der Waals surface area contributed by atoms with Gasteiger partial charge < -0.3 is 15.4 Å². The van der Waals surface area contributed by atoms with E-state index in [0.29, 0.717) is 5.69 Å². The number of aromatic nitrogens is 1. The van der Waals surface area contributed by atoms with Crippen molar-refractivity contribution in [2.45, 2.75) is 13.0 Å². The summed E-state index contributed by atoms with van der Waals surface area (Å²) in [5.74, 6) is -0.203.